The lowest BCUT2D eigenvalue weighted by Crippen LogP contribution is -2.00. The third kappa shape index (κ3) is 2.70. The first-order chi connectivity index (χ1) is 8.88. The molecule has 2 aromatic rings. The predicted molar refractivity (Wildman–Crippen MR) is 80.6 cm³/mol. The van der Waals surface area contributed by atoms with Crippen LogP contribution in [-0.2, 0) is 4.79 Å². The van der Waals surface area contributed by atoms with Gasteiger partial charge in [-0.25, -0.2) is 0 Å². The van der Waals surface area contributed by atoms with Gasteiger partial charge >= 0.3 is 0 Å². The average molecular weight is 256 g/mol. The van der Waals surface area contributed by atoms with E-state index in [-0.39, 0.29) is 5.78 Å². The lowest BCUT2D eigenvalue weighted by molar-refractivity contribution is -0.112. The molecule has 0 fully saturated rings. The first-order valence-electron chi connectivity index (χ1n) is 6.44. The zero-order chi connectivity index (χ0) is 14.2. The van der Waals surface area contributed by atoms with Gasteiger partial charge in [0.25, 0.3) is 0 Å². The van der Waals surface area contributed by atoms with Crippen LogP contribution in [0, 0.1) is 20.8 Å². The number of hydrogen-bond donors (Lipinski definition) is 2. The van der Waals surface area contributed by atoms with Crippen molar-refractivity contribution in [1.29, 1.82) is 0 Å². The van der Waals surface area contributed by atoms with Gasteiger partial charge in [0, 0.05) is 28.0 Å². The first kappa shape index (κ1) is 13.4. The number of rotatable bonds is 3. The topological polar surface area (TPSA) is 44.9 Å². The molecule has 100 valence electrons. The molecule has 0 amide bonds. The molecule has 0 spiro atoms. The minimum absolute atomic E-state index is 0.0531. The molecule has 0 saturated carbocycles. The van der Waals surface area contributed by atoms with Crippen molar-refractivity contribution in [1.82, 2.24) is 4.98 Å². The molecule has 0 aliphatic rings. The van der Waals surface area contributed by atoms with E-state index in [4.69, 9.17) is 0 Å². The molecule has 1 aromatic carbocycles. The summed E-state index contributed by atoms with van der Waals surface area (Å²) in [6.45, 7) is 9.72. The van der Waals surface area contributed by atoms with E-state index in [9.17, 15) is 4.79 Å². The molecule has 0 aliphatic heterocycles. The van der Waals surface area contributed by atoms with E-state index in [0.29, 0.717) is 0 Å². The summed E-state index contributed by atoms with van der Waals surface area (Å²) in [5, 5.41) is 4.52. The van der Waals surface area contributed by atoms with Crippen molar-refractivity contribution in [3.63, 3.8) is 0 Å². The minimum atomic E-state index is 0.0531. The van der Waals surface area contributed by atoms with Gasteiger partial charge in [0.1, 0.15) is 0 Å². The van der Waals surface area contributed by atoms with Crippen molar-refractivity contribution in [2.45, 2.75) is 34.6 Å². The van der Waals surface area contributed by atoms with Gasteiger partial charge in [-0.15, -0.1) is 0 Å². The molecule has 2 rings (SSSR count). The van der Waals surface area contributed by atoms with Gasteiger partial charge in [-0.2, -0.15) is 0 Å². The van der Waals surface area contributed by atoms with Crippen LogP contribution in [0.15, 0.2) is 23.9 Å². The van der Waals surface area contributed by atoms with Gasteiger partial charge in [0.2, 0.25) is 0 Å². The normalized spacial score (nSPS) is 11.9. The van der Waals surface area contributed by atoms with Crippen molar-refractivity contribution < 1.29 is 4.79 Å². The molecule has 2 N–H and O–H groups in total. The molecule has 0 bridgehead atoms. The van der Waals surface area contributed by atoms with Crippen LogP contribution in [0.1, 0.15) is 30.7 Å². The van der Waals surface area contributed by atoms with E-state index in [1.165, 1.54) is 16.6 Å². The van der Waals surface area contributed by atoms with E-state index in [1.807, 2.05) is 6.92 Å². The Morgan fingerprint density at radius 2 is 1.89 bits per heavy atom. The highest BCUT2D eigenvalue weighted by molar-refractivity contribution is 5.90. The van der Waals surface area contributed by atoms with E-state index in [0.717, 1.165) is 22.5 Å². The van der Waals surface area contributed by atoms with Crippen molar-refractivity contribution in [3.05, 3.63) is 40.7 Å². The number of aryl methyl sites for hydroxylation is 3. The molecular formula is C16H20N2O. The lowest BCUT2D eigenvalue weighted by atomic mass is 10.1. The smallest absolute Gasteiger partial charge is 0.154 e. The third-order valence-electron chi connectivity index (χ3n) is 3.40. The Labute approximate surface area is 113 Å². The molecule has 1 heterocycles. The Balaban J connectivity index is 2.46. The molecule has 0 unspecified atom stereocenters. The fourth-order valence-corrected chi connectivity index (χ4v) is 2.31. The van der Waals surface area contributed by atoms with Crippen LogP contribution in [0.5, 0.6) is 0 Å². The SMILES string of the molecule is CC(=O)C=C(C)Nc1cc2c(C)c(C)[nH]c2cc1C. The van der Waals surface area contributed by atoms with Crippen LogP contribution in [0.3, 0.4) is 0 Å². The summed E-state index contributed by atoms with van der Waals surface area (Å²) in [5.74, 6) is 0.0531. The summed E-state index contributed by atoms with van der Waals surface area (Å²) in [7, 11) is 0. The van der Waals surface area contributed by atoms with Crippen LogP contribution in [-0.4, -0.2) is 10.8 Å². The predicted octanol–water partition coefficient (Wildman–Crippen LogP) is 4.00. The number of fused-ring (bicyclic) bond motifs is 1. The maximum atomic E-state index is 11.1. The van der Waals surface area contributed by atoms with Crippen LogP contribution in [0.2, 0.25) is 0 Å². The summed E-state index contributed by atoms with van der Waals surface area (Å²) in [6.07, 6.45) is 1.61. The number of hydrogen-bond acceptors (Lipinski definition) is 2. The van der Waals surface area contributed by atoms with E-state index in [1.54, 1.807) is 13.0 Å². The monoisotopic (exact) mass is 256 g/mol. The lowest BCUT2D eigenvalue weighted by Gasteiger charge is -2.10. The van der Waals surface area contributed by atoms with Crippen molar-refractivity contribution in [3.8, 4) is 0 Å². The zero-order valence-electron chi connectivity index (χ0n) is 12.1. The standard InChI is InChI=1S/C16H20N2O/c1-9-6-16-14(12(4)13(5)18-16)8-15(9)17-10(2)7-11(3)19/h6-8,17-18H,1-5H3. The Morgan fingerprint density at radius 3 is 2.53 bits per heavy atom. The van der Waals surface area contributed by atoms with E-state index in [2.05, 4.69) is 43.2 Å². The highest BCUT2D eigenvalue weighted by Crippen LogP contribution is 2.28. The summed E-state index contributed by atoms with van der Waals surface area (Å²) >= 11 is 0. The maximum Gasteiger partial charge on any atom is 0.154 e. The quantitative estimate of drug-likeness (QED) is 0.815. The maximum absolute atomic E-state index is 11.1. The Hall–Kier alpha value is -2.03. The largest absolute Gasteiger partial charge is 0.359 e. The number of carbonyl (C=O) groups is 1. The number of carbonyl (C=O) groups excluding carboxylic acids is 1. The average Bonchev–Trinajstić information content (AvgIpc) is 2.55. The molecule has 3 nitrogen and oxygen atoms in total. The Morgan fingerprint density at radius 1 is 1.21 bits per heavy atom. The molecule has 0 aliphatic carbocycles. The fourth-order valence-electron chi connectivity index (χ4n) is 2.31. The number of ketones is 1. The van der Waals surface area contributed by atoms with E-state index < -0.39 is 0 Å². The zero-order valence-corrected chi connectivity index (χ0v) is 12.1. The van der Waals surface area contributed by atoms with Crippen molar-refractivity contribution >= 4 is 22.4 Å². The van der Waals surface area contributed by atoms with Gasteiger partial charge < -0.3 is 10.3 Å². The number of aromatic nitrogens is 1. The molecule has 1 aromatic heterocycles. The van der Waals surface area contributed by atoms with Crippen LogP contribution in [0.25, 0.3) is 10.9 Å². The summed E-state index contributed by atoms with van der Waals surface area (Å²) in [6, 6.07) is 4.28. The first-order valence-corrected chi connectivity index (χ1v) is 6.44. The minimum Gasteiger partial charge on any atom is -0.359 e. The molecule has 19 heavy (non-hydrogen) atoms. The molecule has 3 heteroatoms. The van der Waals surface area contributed by atoms with Crippen LogP contribution >= 0.6 is 0 Å². The van der Waals surface area contributed by atoms with Crippen LogP contribution in [0.4, 0.5) is 5.69 Å². The molecule has 0 saturated heterocycles. The Bertz CT molecular complexity index is 678. The second kappa shape index (κ2) is 4.92. The summed E-state index contributed by atoms with van der Waals surface area (Å²) in [5.41, 5.74) is 6.69. The third-order valence-corrected chi connectivity index (χ3v) is 3.40. The molecule has 0 atom stereocenters. The van der Waals surface area contributed by atoms with Gasteiger partial charge in [-0.1, -0.05) is 0 Å². The van der Waals surface area contributed by atoms with Crippen molar-refractivity contribution in [2.75, 3.05) is 5.32 Å². The second-order valence-electron chi connectivity index (χ2n) is 5.15. The van der Waals surface area contributed by atoms with Gasteiger partial charge in [-0.05, 0) is 64.0 Å². The molecular weight excluding hydrogens is 236 g/mol. The van der Waals surface area contributed by atoms with Crippen LogP contribution < -0.4 is 5.32 Å². The van der Waals surface area contributed by atoms with Gasteiger partial charge in [0.15, 0.2) is 5.78 Å². The fraction of sp³-hybridized carbons (Fsp3) is 0.312. The number of allylic oxidation sites excluding steroid dienone is 2. The Kier molecular flexibility index (Phi) is 3.47. The number of nitrogens with one attached hydrogen (secondary N) is 2. The van der Waals surface area contributed by atoms with Crippen molar-refractivity contribution in [2.24, 2.45) is 0 Å². The highest BCUT2D eigenvalue weighted by atomic mass is 16.1. The second-order valence-corrected chi connectivity index (χ2v) is 5.15. The number of aromatic amines is 1. The summed E-state index contributed by atoms with van der Waals surface area (Å²) in [4.78, 5) is 14.5. The number of H-pyrrole nitrogens is 1. The number of anilines is 1. The summed E-state index contributed by atoms with van der Waals surface area (Å²) < 4.78 is 0. The van der Waals surface area contributed by atoms with E-state index >= 15 is 0 Å². The highest BCUT2D eigenvalue weighted by Gasteiger charge is 2.08. The van der Waals surface area contributed by atoms with Gasteiger partial charge in [0.05, 0.1) is 0 Å². The van der Waals surface area contributed by atoms with Gasteiger partial charge in [-0.3, -0.25) is 4.79 Å². The molecule has 0 radical (unpaired) electrons. The number of benzene rings is 1.